The number of rotatable bonds is 3. The van der Waals surface area contributed by atoms with E-state index in [2.05, 4.69) is 11.1 Å². The molecule has 0 bridgehead atoms. The molecule has 1 radical (unpaired) electrons. The van der Waals surface area contributed by atoms with Crippen molar-refractivity contribution < 1.29 is 4.74 Å². The summed E-state index contributed by atoms with van der Waals surface area (Å²) in [6.45, 7) is 0.547. The van der Waals surface area contributed by atoms with Crippen molar-refractivity contribution >= 4 is 16.6 Å². The van der Waals surface area contributed by atoms with Crippen LogP contribution in [0.4, 0.5) is 5.69 Å². The highest BCUT2D eigenvalue weighted by atomic mass is 16.5. The van der Waals surface area contributed by atoms with E-state index in [1.807, 2.05) is 48.5 Å². The van der Waals surface area contributed by atoms with E-state index < -0.39 is 0 Å². The van der Waals surface area contributed by atoms with Crippen LogP contribution < -0.4 is 10.5 Å². The first-order valence-corrected chi connectivity index (χ1v) is 6.05. The summed E-state index contributed by atoms with van der Waals surface area (Å²) < 4.78 is 5.75. The normalized spacial score (nSPS) is 10.5. The molecule has 0 amide bonds. The molecule has 3 nitrogen and oxygen atoms in total. The highest BCUT2D eigenvalue weighted by molar-refractivity contribution is 5.81. The van der Waals surface area contributed by atoms with Gasteiger partial charge < -0.3 is 10.5 Å². The average molecular weight is 249 g/mol. The van der Waals surface area contributed by atoms with Crippen LogP contribution in [-0.2, 0) is 6.61 Å². The number of anilines is 1. The van der Waals surface area contributed by atoms with Crippen LogP contribution in [0.1, 0.15) is 5.56 Å². The molecular weight excluding hydrogens is 236 g/mol. The molecular formula is C16H13N2O. The number of hydrogen-bond acceptors (Lipinski definition) is 3. The fourth-order valence-electron chi connectivity index (χ4n) is 1.88. The molecule has 0 atom stereocenters. The van der Waals surface area contributed by atoms with Crippen LogP contribution in [0.2, 0.25) is 0 Å². The third kappa shape index (κ3) is 2.65. The minimum absolute atomic E-state index is 0.547. The minimum Gasteiger partial charge on any atom is -0.489 e. The number of benzene rings is 2. The molecule has 0 fully saturated rings. The second kappa shape index (κ2) is 4.98. The van der Waals surface area contributed by atoms with Gasteiger partial charge in [0.25, 0.3) is 0 Å². The van der Waals surface area contributed by atoms with Crippen molar-refractivity contribution in [1.29, 1.82) is 0 Å². The van der Waals surface area contributed by atoms with Crippen molar-refractivity contribution in [2.45, 2.75) is 6.61 Å². The Morgan fingerprint density at radius 1 is 1.11 bits per heavy atom. The third-order valence-corrected chi connectivity index (χ3v) is 2.84. The number of ether oxygens (including phenoxy) is 1. The minimum atomic E-state index is 0.547. The van der Waals surface area contributed by atoms with Gasteiger partial charge in [0.05, 0.1) is 17.4 Å². The van der Waals surface area contributed by atoms with Crippen molar-refractivity contribution in [3.63, 3.8) is 0 Å². The highest BCUT2D eigenvalue weighted by Crippen LogP contribution is 2.21. The Morgan fingerprint density at radius 2 is 1.95 bits per heavy atom. The Morgan fingerprint density at radius 3 is 2.79 bits per heavy atom. The standard InChI is InChI=1S/C16H13N2O/c17-14-8-13-6-7-15(9-16(13)18-10-14)19-11-12-4-2-1-3-5-12/h1-7,9-10H,11,17H2. The van der Waals surface area contributed by atoms with Gasteiger partial charge in [-0.2, -0.15) is 0 Å². The van der Waals surface area contributed by atoms with Crippen LogP contribution in [0.15, 0.2) is 54.7 Å². The first-order chi connectivity index (χ1) is 9.31. The van der Waals surface area contributed by atoms with Crippen molar-refractivity contribution in [3.05, 3.63) is 66.4 Å². The van der Waals surface area contributed by atoms with Gasteiger partial charge in [0, 0.05) is 17.5 Å². The molecule has 2 aromatic carbocycles. The van der Waals surface area contributed by atoms with Gasteiger partial charge in [0.15, 0.2) is 0 Å². The second-order valence-electron chi connectivity index (χ2n) is 4.29. The van der Waals surface area contributed by atoms with E-state index in [-0.39, 0.29) is 0 Å². The zero-order valence-electron chi connectivity index (χ0n) is 10.3. The van der Waals surface area contributed by atoms with Gasteiger partial charge >= 0.3 is 0 Å². The highest BCUT2D eigenvalue weighted by Gasteiger charge is 2.00. The Bertz CT molecular complexity index is 695. The first-order valence-electron chi connectivity index (χ1n) is 6.05. The van der Waals surface area contributed by atoms with E-state index in [0.29, 0.717) is 12.3 Å². The van der Waals surface area contributed by atoms with Crippen molar-refractivity contribution in [2.24, 2.45) is 0 Å². The number of aromatic nitrogens is 1. The summed E-state index contributed by atoms with van der Waals surface area (Å²) >= 11 is 0. The number of nitrogen functional groups attached to an aromatic ring is 1. The van der Waals surface area contributed by atoms with Crippen LogP contribution in [0.3, 0.4) is 0 Å². The summed E-state index contributed by atoms with van der Waals surface area (Å²) in [7, 11) is 0. The van der Waals surface area contributed by atoms with Crippen LogP contribution in [0.5, 0.6) is 5.75 Å². The summed E-state index contributed by atoms with van der Waals surface area (Å²) in [5, 5.41) is 0.895. The summed E-state index contributed by atoms with van der Waals surface area (Å²) in [6.07, 6.45) is 1.60. The Hall–Kier alpha value is -2.55. The molecule has 3 aromatic rings. The number of fused-ring (bicyclic) bond motifs is 1. The van der Waals surface area contributed by atoms with Gasteiger partial charge in [-0.05, 0) is 17.7 Å². The molecule has 1 aromatic heterocycles. The molecule has 0 aliphatic carbocycles. The van der Waals surface area contributed by atoms with E-state index in [0.717, 1.165) is 22.2 Å². The lowest BCUT2D eigenvalue weighted by Gasteiger charge is -2.07. The molecule has 1 heterocycles. The predicted molar refractivity (Wildman–Crippen MR) is 75.8 cm³/mol. The van der Waals surface area contributed by atoms with E-state index >= 15 is 0 Å². The number of pyridine rings is 1. The maximum absolute atomic E-state index is 5.75. The zero-order chi connectivity index (χ0) is 13.1. The van der Waals surface area contributed by atoms with Crippen molar-refractivity contribution in [1.82, 2.24) is 4.98 Å². The molecule has 0 unspecified atom stereocenters. The zero-order valence-corrected chi connectivity index (χ0v) is 10.3. The lowest BCUT2D eigenvalue weighted by molar-refractivity contribution is 0.306. The Balaban J connectivity index is 1.80. The lowest BCUT2D eigenvalue weighted by atomic mass is 10.2. The van der Waals surface area contributed by atoms with E-state index in [1.165, 1.54) is 0 Å². The summed E-state index contributed by atoms with van der Waals surface area (Å²) in [5.74, 6) is 0.794. The molecule has 0 saturated heterocycles. The van der Waals surface area contributed by atoms with E-state index in [9.17, 15) is 0 Å². The first kappa shape index (κ1) is 11.5. The number of nitrogens with two attached hydrogens (primary N) is 1. The molecule has 0 aliphatic heterocycles. The maximum atomic E-state index is 5.75. The molecule has 3 heteroatoms. The quantitative estimate of drug-likeness (QED) is 0.775. The van der Waals surface area contributed by atoms with Crippen LogP contribution >= 0.6 is 0 Å². The fourth-order valence-corrected chi connectivity index (χ4v) is 1.88. The van der Waals surface area contributed by atoms with Gasteiger partial charge in [-0.1, -0.05) is 30.3 Å². The largest absolute Gasteiger partial charge is 0.489 e. The fraction of sp³-hybridized carbons (Fsp3) is 0.0625. The monoisotopic (exact) mass is 249 g/mol. The van der Waals surface area contributed by atoms with Gasteiger partial charge in [-0.3, -0.25) is 4.98 Å². The molecule has 3 rings (SSSR count). The summed E-state index contributed by atoms with van der Waals surface area (Å²) in [5.41, 5.74) is 8.17. The maximum Gasteiger partial charge on any atom is 0.122 e. The number of hydrogen-bond donors (Lipinski definition) is 1. The van der Waals surface area contributed by atoms with E-state index in [4.69, 9.17) is 10.5 Å². The molecule has 2 N–H and O–H groups in total. The number of nitrogens with zero attached hydrogens (tertiary/aromatic N) is 1. The van der Waals surface area contributed by atoms with Crippen LogP contribution in [0.25, 0.3) is 10.9 Å². The van der Waals surface area contributed by atoms with Gasteiger partial charge in [0.2, 0.25) is 0 Å². The third-order valence-electron chi connectivity index (χ3n) is 2.84. The molecule has 0 spiro atoms. The van der Waals surface area contributed by atoms with Gasteiger partial charge in [-0.15, -0.1) is 0 Å². The predicted octanol–water partition coefficient (Wildman–Crippen LogP) is 3.20. The summed E-state index contributed by atoms with van der Waals surface area (Å²) in [6, 6.07) is 18.8. The van der Waals surface area contributed by atoms with Crippen molar-refractivity contribution in [3.8, 4) is 5.75 Å². The van der Waals surface area contributed by atoms with Gasteiger partial charge in [-0.25, -0.2) is 0 Å². The van der Waals surface area contributed by atoms with Crippen LogP contribution in [-0.4, -0.2) is 4.98 Å². The SMILES string of the molecule is Nc1[c]c2ccc(OCc3ccccc3)cc2nc1. The second-order valence-corrected chi connectivity index (χ2v) is 4.29. The van der Waals surface area contributed by atoms with Gasteiger partial charge in [0.1, 0.15) is 12.4 Å². The van der Waals surface area contributed by atoms with Crippen molar-refractivity contribution in [2.75, 3.05) is 5.73 Å². The summed E-state index contributed by atoms with van der Waals surface area (Å²) in [4.78, 5) is 4.26. The molecule has 0 aliphatic rings. The molecule has 93 valence electrons. The Kier molecular flexibility index (Phi) is 3.02. The lowest BCUT2D eigenvalue weighted by Crippen LogP contribution is -1.95. The smallest absolute Gasteiger partial charge is 0.122 e. The van der Waals surface area contributed by atoms with E-state index in [1.54, 1.807) is 6.20 Å². The average Bonchev–Trinajstić information content (AvgIpc) is 2.46. The molecule has 0 saturated carbocycles. The topological polar surface area (TPSA) is 48.1 Å². The van der Waals surface area contributed by atoms with Crippen LogP contribution in [0, 0.1) is 6.07 Å². The Labute approximate surface area is 111 Å². The molecule has 19 heavy (non-hydrogen) atoms.